The first-order chi connectivity index (χ1) is 11.7. The third-order valence-corrected chi connectivity index (χ3v) is 4.16. The molecule has 0 aliphatic heterocycles. The molecule has 0 aliphatic rings. The third kappa shape index (κ3) is 4.47. The first-order valence-electron chi connectivity index (χ1n) is 8.35. The quantitative estimate of drug-likeness (QED) is 0.842. The Morgan fingerprint density at radius 2 is 1.92 bits per heavy atom. The van der Waals surface area contributed by atoms with E-state index in [1.807, 2.05) is 18.5 Å². The fourth-order valence-corrected chi connectivity index (χ4v) is 2.81. The van der Waals surface area contributed by atoms with Crippen LogP contribution in [-0.2, 0) is 17.8 Å². The Morgan fingerprint density at radius 3 is 2.52 bits per heavy atom. The molecule has 0 radical (unpaired) electrons. The van der Waals surface area contributed by atoms with Crippen LogP contribution >= 0.6 is 0 Å². The topological polar surface area (TPSA) is 84.2 Å². The van der Waals surface area contributed by atoms with Crippen molar-refractivity contribution in [2.75, 3.05) is 5.32 Å². The van der Waals surface area contributed by atoms with Crippen molar-refractivity contribution < 1.29 is 14.7 Å². The predicted octanol–water partition coefficient (Wildman–Crippen LogP) is 3.34. The Labute approximate surface area is 147 Å². The molecule has 0 spiro atoms. The van der Waals surface area contributed by atoms with E-state index in [2.05, 4.69) is 24.3 Å². The zero-order valence-electron chi connectivity index (χ0n) is 15.4. The summed E-state index contributed by atoms with van der Waals surface area (Å²) in [5.41, 5.74) is 4.10. The van der Waals surface area contributed by atoms with Crippen LogP contribution in [-0.4, -0.2) is 26.8 Å². The van der Waals surface area contributed by atoms with Crippen LogP contribution in [0.25, 0.3) is 0 Å². The Kier molecular flexibility index (Phi) is 5.62. The van der Waals surface area contributed by atoms with Crippen LogP contribution in [0.1, 0.15) is 46.7 Å². The second-order valence-corrected chi connectivity index (χ2v) is 6.79. The van der Waals surface area contributed by atoms with Crippen LogP contribution in [0.15, 0.2) is 18.2 Å². The van der Waals surface area contributed by atoms with Crippen LogP contribution in [0.5, 0.6) is 0 Å². The molecule has 0 fully saturated rings. The first kappa shape index (κ1) is 18.7. The maximum atomic E-state index is 12.4. The van der Waals surface area contributed by atoms with Gasteiger partial charge in [-0.25, -0.2) is 4.79 Å². The van der Waals surface area contributed by atoms with Crippen molar-refractivity contribution in [3.8, 4) is 0 Å². The fraction of sp³-hybridized carbons (Fsp3) is 0.421. The molecular formula is C19H25N3O3. The predicted molar refractivity (Wildman–Crippen MR) is 97.0 cm³/mol. The van der Waals surface area contributed by atoms with E-state index >= 15 is 0 Å². The number of hydrogen-bond donors (Lipinski definition) is 2. The van der Waals surface area contributed by atoms with E-state index in [1.54, 1.807) is 19.1 Å². The molecule has 0 aliphatic carbocycles. The largest absolute Gasteiger partial charge is 0.478 e. The number of aromatic carboxylic acids is 1. The van der Waals surface area contributed by atoms with Gasteiger partial charge in [0.2, 0.25) is 5.91 Å². The number of rotatable bonds is 6. The minimum atomic E-state index is -1.00. The van der Waals surface area contributed by atoms with Crippen LogP contribution in [0.4, 0.5) is 5.69 Å². The normalized spacial score (nSPS) is 11.0. The van der Waals surface area contributed by atoms with Crippen LogP contribution in [0.3, 0.4) is 0 Å². The number of aromatic nitrogens is 2. The molecule has 0 unspecified atom stereocenters. The number of carbonyl (C=O) groups is 2. The summed E-state index contributed by atoms with van der Waals surface area (Å²) in [6, 6.07) is 4.88. The third-order valence-electron chi connectivity index (χ3n) is 4.16. The zero-order chi connectivity index (χ0) is 18.7. The van der Waals surface area contributed by atoms with E-state index in [0.717, 1.165) is 23.5 Å². The van der Waals surface area contributed by atoms with Gasteiger partial charge in [-0.15, -0.1) is 0 Å². The first-order valence-corrected chi connectivity index (χ1v) is 8.35. The molecule has 6 nitrogen and oxygen atoms in total. The van der Waals surface area contributed by atoms with Gasteiger partial charge < -0.3 is 10.4 Å². The van der Waals surface area contributed by atoms with Crippen molar-refractivity contribution in [3.05, 3.63) is 46.3 Å². The highest BCUT2D eigenvalue weighted by molar-refractivity contribution is 5.95. The Morgan fingerprint density at radius 1 is 1.24 bits per heavy atom. The highest BCUT2D eigenvalue weighted by atomic mass is 16.4. The maximum absolute atomic E-state index is 12.4. The molecule has 0 bridgehead atoms. The lowest BCUT2D eigenvalue weighted by atomic mass is 10.1. The number of carboxylic acids is 1. The molecule has 2 N–H and O–H groups in total. The smallest absolute Gasteiger partial charge is 0.336 e. The summed E-state index contributed by atoms with van der Waals surface area (Å²) in [4.78, 5) is 23.6. The van der Waals surface area contributed by atoms with Gasteiger partial charge in [-0.2, -0.15) is 5.10 Å². The van der Waals surface area contributed by atoms with Gasteiger partial charge in [0.25, 0.3) is 0 Å². The Hall–Kier alpha value is -2.63. The lowest BCUT2D eigenvalue weighted by Crippen LogP contribution is -2.16. The molecule has 1 amide bonds. The molecule has 0 saturated heterocycles. The van der Waals surface area contributed by atoms with Gasteiger partial charge in [0.05, 0.1) is 17.7 Å². The second kappa shape index (κ2) is 7.51. The molecular weight excluding hydrogens is 318 g/mol. The maximum Gasteiger partial charge on any atom is 0.336 e. The molecule has 2 rings (SSSR count). The SMILES string of the molecule is Cc1ccc(NC(=O)Cc2c(C)nn(CC(C)C)c2C)cc1C(=O)O. The number of carboxylic acid groups (broad SMARTS) is 1. The number of anilines is 1. The highest BCUT2D eigenvalue weighted by Crippen LogP contribution is 2.18. The lowest BCUT2D eigenvalue weighted by Gasteiger charge is -2.09. The van der Waals surface area contributed by atoms with E-state index in [0.29, 0.717) is 17.2 Å². The van der Waals surface area contributed by atoms with E-state index < -0.39 is 5.97 Å². The Bertz CT molecular complexity index is 806. The number of nitrogens with one attached hydrogen (secondary N) is 1. The number of aryl methyl sites for hydroxylation is 2. The van der Waals surface area contributed by atoms with E-state index in [1.165, 1.54) is 6.07 Å². The van der Waals surface area contributed by atoms with Crippen molar-refractivity contribution in [2.24, 2.45) is 5.92 Å². The van der Waals surface area contributed by atoms with Gasteiger partial charge in [-0.05, 0) is 44.4 Å². The standard InChI is InChI=1S/C19H25N3O3/c1-11(2)10-22-14(5)17(13(4)21-22)9-18(23)20-15-7-6-12(3)16(8-15)19(24)25/h6-8,11H,9-10H2,1-5H3,(H,20,23)(H,24,25). The second-order valence-electron chi connectivity index (χ2n) is 6.79. The number of nitrogens with zero attached hydrogens (tertiary/aromatic N) is 2. The summed E-state index contributed by atoms with van der Waals surface area (Å²) in [5, 5.41) is 16.5. The number of amides is 1. The van der Waals surface area contributed by atoms with Crippen molar-refractivity contribution in [2.45, 2.75) is 47.6 Å². The monoisotopic (exact) mass is 343 g/mol. The van der Waals surface area contributed by atoms with Gasteiger partial charge in [-0.3, -0.25) is 9.48 Å². The summed E-state index contributed by atoms with van der Waals surface area (Å²) in [5.74, 6) is -0.715. The average molecular weight is 343 g/mol. The van der Waals surface area contributed by atoms with Gasteiger partial charge in [0.1, 0.15) is 0 Å². The molecule has 1 aromatic heterocycles. The molecule has 2 aromatic rings. The highest BCUT2D eigenvalue weighted by Gasteiger charge is 2.16. The summed E-state index contributed by atoms with van der Waals surface area (Å²) in [7, 11) is 0. The van der Waals surface area contributed by atoms with Gasteiger partial charge in [0.15, 0.2) is 0 Å². The van der Waals surface area contributed by atoms with E-state index in [-0.39, 0.29) is 17.9 Å². The number of hydrogen-bond acceptors (Lipinski definition) is 3. The summed E-state index contributed by atoms with van der Waals surface area (Å²) >= 11 is 0. The average Bonchev–Trinajstić information content (AvgIpc) is 2.76. The minimum absolute atomic E-state index is 0.185. The number of carbonyl (C=O) groups excluding carboxylic acids is 1. The van der Waals surface area contributed by atoms with Crippen molar-refractivity contribution in [3.63, 3.8) is 0 Å². The van der Waals surface area contributed by atoms with Gasteiger partial charge >= 0.3 is 5.97 Å². The molecule has 6 heteroatoms. The van der Waals surface area contributed by atoms with Crippen LogP contribution < -0.4 is 5.32 Å². The summed E-state index contributed by atoms with van der Waals surface area (Å²) in [6.07, 6.45) is 0.214. The van der Waals surface area contributed by atoms with Crippen LogP contribution in [0, 0.1) is 26.7 Å². The Balaban J connectivity index is 2.15. The van der Waals surface area contributed by atoms with Crippen molar-refractivity contribution in [1.82, 2.24) is 9.78 Å². The minimum Gasteiger partial charge on any atom is -0.478 e. The van der Waals surface area contributed by atoms with Gasteiger partial charge in [0, 0.05) is 23.5 Å². The number of benzene rings is 1. The molecule has 1 heterocycles. The van der Waals surface area contributed by atoms with E-state index in [9.17, 15) is 14.7 Å². The zero-order valence-corrected chi connectivity index (χ0v) is 15.4. The van der Waals surface area contributed by atoms with Crippen molar-refractivity contribution in [1.29, 1.82) is 0 Å². The van der Waals surface area contributed by atoms with Gasteiger partial charge in [-0.1, -0.05) is 19.9 Å². The lowest BCUT2D eigenvalue weighted by molar-refractivity contribution is -0.115. The van der Waals surface area contributed by atoms with Crippen molar-refractivity contribution >= 4 is 17.6 Å². The summed E-state index contributed by atoms with van der Waals surface area (Å²) < 4.78 is 1.94. The molecule has 134 valence electrons. The molecule has 25 heavy (non-hydrogen) atoms. The van der Waals surface area contributed by atoms with E-state index in [4.69, 9.17) is 0 Å². The molecule has 0 atom stereocenters. The van der Waals surface area contributed by atoms with Crippen LogP contribution in [0.2, 0.25) is 0 Å². The fourth-order valence-electron chi connectivity index (χ4n) is 2.81. The summed E-state index contributed by atoms with van der Waals surface area (Å²) in [6.45, 7) is 10.7. The molecule has 1 aromatic carbocycles. The molecule has 0 saturated carbocycles.